The smallest absolute Gasteiger partial charge is 0.0612 e. The predicted molar refractivity (Wildman–Crippen MR) is 47.6 cm³/mol. The van der Waals surface area contributed by atoms with Crippen LogP contribution in [-0.4, -0.2) is 24.4 Å². The molecule has 2 atom stereocenters. The number of unbranched alkanes of at least 4 members (excludes halogenated alkanes) is 1. The summed E-state index contributed by atoms with van der Waals surface area (Å²) in [6.45, 7) is 1.40. The standard InChI is InChI=1S/C10H16O2/c1-2-3-4-5-9-8-12-7-6-10(9)11/h1,9-11H,3-8H2. The van der Waals surface area contributed by atoms with E-state index < -0.39 is 0 Å². The van der Waals surface area contributed by atoms with E-state index in [1.807, 2.05) is 0 Å². The van der Waals surface area contributed by atoms with Gasteiger partial charge in [0.25, 0.3) is 0 Å². The molecule has 2 unspecified atom stereocenters. The van der Waals surface area contributed by atoms with Crippen LogP contribution >= 0.6 is 0 Å². The number of aliphatic hydroxyl groups is 1. The average Bonchev–Trinajstić information content (AvgIpc) is 2.09. The number of ether oxygens (including phenoxy) is 1. The summed E-state index contributed by atoms with van der Waals surface area (Å²) in [7, 11) is 0. The van der Waals surface area contributed by atoms with E-state index in [1.165, 1.54) is 0 Å². The Morgan fingerprint density at radius 3 is 3.08 bits per heavy atom. The van der Waals surface area contributed by atoms with Gasteiger partial charge in [0.1, 0.15) is 0 Å². The van der Waals surface area contributed by atoms with Gasteiger partial charge in [-0.2, -0.15) is 0 Å². The van der Waals surface area contributed by atoms with Crippen molar-refractivity contribution in [1.29, 1.82) is 0 Å². The van der Waals surface area contributed by atoms with Crippen molar-refractivity contribution in [3.8, 4) is 12.3 Å². The van der Waals surface area contributed by atoms with Crippen molar-refractivity contribution in [3.63, 3.8) is 0 Å². The lowest BCUT2D eigenvalue weighted by atomic mass is 9.93. The van der Waals surface area contributed by atoms with Crippen LogP contribution in [0.3, 0.4) is 0 Å². The zero-order valence-corrected chi connectivity index (χ0v) is 7.33. The molecule has 1 aliphatic rings. The van der Waals surface area contributed by atoms with Crippen molar-refractivity contribution in [2.45, 2.75) is 31.8 Å². The first-order valence-electron chi connectivity index (χ1n) is 4.54. The van der Waals surface area contributed by atoms with Crippen molar-refractivity contribution in [3.05, 3.63) is 0 Å². The Labute approximate surface area is 73.9 Å². The zero-order valence-electron chi connectivity index (χ0n) is 7.33. The maximum Gasteiger partial charge on any atom is 0.0612 e. The van der Waals surface area contributed by atoms with Crippen LogP contribution in [0.4, 0.5) is 0 Å². The van der Waals surface area contributed by atoms with Gasteiger partial charge in [-0.15, -0.1) is 12.3 Å². The van der Waals surface area contributed by atoms with E-state index >= 15 is 0 Å². The molecule has 1 N–H and O–H groups in total. The average molecular weight is 168 g/mol. The lowest BCUT2D eigenvalue weighted by molar-refractivity contribution is -0.0386. The van der Waals surface area contributed by atoms with E-state index in [9.17, 15) is 5.11 Å². The van der Waals surface area contributed by atoms with E-state index in [0.717, 1.165) is 25.7 Å². The molecule has 0 aromatic rings. The molecule has 0 aliphatic carbocycles. The van der Waals surface area contributed by atoms with Gasteiger partial charge in [0.15, 0.2) is 0 Å². The Kier molecular flexibility index (Phi) is 4.13. The predicted octanol–water partition coefficient (Wildman–Crippen LogP) is 1.19. The first kappa shape index (κ1) is 9.57. The molecule has 0 aromatic heterocycles. The second-order valence-electron chi connectivity index (χ2n) is 3.29. The Morgan fingerprint density at radius 2 is 2.42 bits per heavy atom. The topological polar surface area (TPSA) is 29.5 Å². The van der Waals surface area contributed by atoms with Gasteiger partial charge in [-0.3, -0.25) is 0 Å². The fourth-order valence-electron chi connectivity index (χ4n) is 1.53. The van der Waals surface area contributed by atoms with Crippen LogP contribution in [0.25, 0.3) is 0 Å². The molecular weight excluding hydrogens is 152 g/mol. The summed E-state index contributed by atoms with van der Waals surface area (Å²) in [5, 5.41) is 9.54. The summed E-state index contributed by atoms with van der Waals surface area (Å²) in [6.07, 6.45) is 8.55. The molecule has 0 saturated carbocycles. The lowest BCUT2D eigenvalue weighted by Gasteiger charge is -2.27. The molecule has 1 saturated heterocycles. The largest absolute Gasteiger partial charge is 0.393 e. The van der Waals surface area contributed by atoms with E-state index in [4.69, 9.17) is 11.2 Å². The Bertz CT molecular complexity index is 160. The molecule has 1 aliphatic heterocycles. The fourth-order valence-corrected chi connectivity index (χ4v) is 1.53. The van der Waals surface area contributed by atoms with Gasteiger partial charge in [-0.1, -0.05) is 0 Å². The van der Waals surface area contributed by atoms with Gasteiger partial charge >= 0.3 is 0 Å². The highest BCUT2D eigenvalue weighted by Gasteiger charge is 2.22. The Balaban J connectivity index is 2.16. The third-order valence-electron chi connectivity index (χ3n) is 2.33. The van der Waals surface area contributed by atoms with Gasteiger partial charge in [0, 0.05) is 18.9 Å². The lowest BCUT2D eigenvalue weighted by Crippen LogP contribution is -2.31. The highest BCUT2D eigenvalue weighted by molar-refractivity contribution is 4.84. The molecule has 0 bridgehead atoms. The Morgan fingerprint density at radius 1 is 1.58 bits per heavy atom. The van der Waals surface area contributed by atoms with E-state index in [0.29, 0.717) is 19.1 Å². The third-order valence-corrected chi connectivity index (χ3v) is 2.33. The number of terminal acetylenes is 1. The number of aliphatic hydroxyl groups excluding tert-OH is 1. The number of rotatable bonds is 3. The normalized spacial score (nSPS) is 29.7. The minimum absolute atomic E-state index is 0.170. The fraction of sp³-hybridized carbons (Fsp3) is 0.800. The van der Waals surface area contributed by atoms with Gasteiger partial charge in [0.2, 0.25) is 0 Å². The summed E-state index contributed by atoms with van der Waals surface area (Å²) in [5.41, 5.74) is 0. The molecule has 2 heteroatoms. The van der Waals surface area contributed by atoms with Crippen LogP contribution in [0.15, 0.2) is 0 Å². The first-order chi connectivity index (χ1) is 5.84. The highest BCUT2D eigenvalue weighted by atomic mass is 16.5. The summed E-state index contributed by atoms with van der Waals surface area (Å²) in [5.74, 6) is 2.91. The van der Waals surface area contributed by atoms with Crippen LogP contribution in [-0.2, 0) is 4.74 Å². The van der Waals surface area contributed by atoms with Crippen LogP contribution in [0, 0.1) is 18.3 Å². The van der Waals surface area contributed by atoms with Gasteiger partial charge in [-0.25, -0.2) is 0 Å². The molecule has 1 heterocycles. The van der Waals surface area contributed by atoms with Gasteiger partial charge in [-0.05, 0) is 19.3 Å². The quantitative estimate of drug-likeness (QED) is 0.506. The molecule has 0 amide bonds. The zero-order chi connectivity index (χ0) is 8.81. The molecule has 2 nitrogen and oxygen atoms in total. The summed E-state index contributed by atoms with van der Waals surface area (Å²) in [6, 6.07) is 0. The SMILES string of the molecule is C#CCCCC1COCCC1O. The van der Waals surface area contributed by atoms with E-state index in [2.05, 4.69) is 5.92 Å². The van der Waals surface area contributed by atoms with E-state index in [1.54, 1.807) is 0 Å². The monoisotopic (exact) mass is 168 g/mol. The highest BCUT2D eigenvalue weighted by Crippen LogP contribution is 2.19. The van der Waals surface area contributed by atoms with Crippen LogP contribution in [0.2, 0.25) is 0 Å². The van der Waals surface area contributed by atoms with Crippen LogP contribution in [0.5, 0.6) is 0 Å². The summed E-state index contributed by atoms with van der Waals surface area (Å²) < 4.78 is 5.27. The molecule has 1 fully saturated rings. The van der Waals surface area contributed by atoms with E-state index in [-0.39, 0.29) is 6.10 Å². The minimum Gasteiger partial charge on any atom is -0.393 e. The van der Waals surface area contributed by atoms with Crippen molar-refractivity contribution in [2.24, 2.45) is 5.92 Å². The summed E-state index contributed by atoms with van der Waals surface area (Å²) in [4.78, 5) is 0. The third kappa shape index (κ3) is 2.84. The maximum absolute atomic E-state index is 9.54. The van der Waals surface area contributed by atoms with Crippen molar-refractivity contribution >= 4 is 0 Å². The second kappa shape index (κ2) is 5.18. The van der Waals surface area contributed by atoms with Crippen molar-refractivity contribution in [2.75, 3.05) is 13.2 Å². The molecule has 68 valence electrons. The molecule has 12 heavy (non-hydrogen) atoms. The van der Waals surface area contributed by atoms with Gasteiger partial charge in [0.05, 0.1) is 12.7 Å². The molecule has 0 spiro atoms. The second-order valence-corrected chi connectivity index (χ2v) is 3.29. The van der Waals surface area contributed by atoms with Crippen molar-refractivity contribution in [1.82, 2.24) is 0 Å². The molecule has 0 aromatic carbocycles. The van der Waals surface area contributed by atoms with Crippen molar-refractivity contribution < 1.29 is 9.84 Å². The Hall–Kier alpha value is -0.520. The molecule has 1 rings (SSSR count). The number of hydrogen-bond donors (Lipinski definition) is 1. The number of hydrogen-bond acceptors (Lipinski definition) is 2. The summed E-state index contributed by atoms with van der Waals surface area (Å²) >= 11 is 0. The molecule has 0 radical (unpaired) electrons. The minimum atomic E-state index is -0.170. The van der Waals surface area contributed by atoms with Crippen LogP contribution < -0.4 is 0 Å². The first-order valence-corrected chi connectivity index (χ1v) is 4.54. The molecular formula is C10H16O2. The maximum atomic E-state index is 9.54. The van der Waals surface area contributed by atoms with Crippen LogP contribution in [0.1, 0.15) is 25.7 Å². The van der Waals surface area contributed by atoms with Gasteiger partial charge < -0.3 is 9.84 Å².